The van der Waals surface area contributed by atoms with E-state index in [9.17, 15) is 4.79 Å². The van der Waals surface area contributed by atoms with Gasteiger partial charge in [0, 0.05) is 15.7 Å². The van der Waals surface area contributed by atoms with E-state index < -0.39 is 6.03 Å². The van der Waals surface area contributed by atoms with Gasteiger partial charge in [-0.15, -0.1) is 0 Å². The first kappa shape index (κ1) is 14.4. The average molecular weight is 362 g/mol. The van der Waals surface area contributed by atoms with Crippen molar-refractivity contribution < 1.29 is 14.3 Å². The number of carbonyl (C=O) groups is 1. The molecule has 0 aromatic heterocycles. The molecular formula is C15H12BrN3O3. The van der Waals surface area contributed by atoms with Crippen LogP contribution >= 0.6 is 15.9 Å². The van der Waals surface area contributed by atoms with Gasteiger partial charge in [-0.3, -0.25) is 0 Å². The molecule has 0 atom stereocenters. The summed E-state index contributed by atoms with van der Waals surface area (Å²) in [7, 11) is 0. The Balaban J connectivity index is 1.61. The second kappa shape index (κ2) is 6.48. The molecule has 2 N–H and O–H groups in total. The van der Waals surface area contributed by atoms with Crippen molar-refractivity contribution in [3.8, 4) is 11.5 Å². The smallest absolute Gasteiger partial charge is 0.339 e. The van der Waals surface area contributed by atoms with Gasteiger partial charge in [-0.2, -0.15) is 5.10 Å². The number of anilines is 1. The average Bonchev–Trinajstić information content (AvgIpc) is 2.95. The molecular weight excluding hydrogens is 350 g/mol. The monoisotopic (exact) mass is 361 g/mol. The molecule has 7 heteroatoms. The van der Waals surface area contributed by atoms with E-state index in [0.29, 0.717) is 17.2 Å². The van der Waals surface area contributed by atoms with E-state index in [1.165, 1.54) is 6.21 Å². The molecule has 1 aliphatic heterocycles. The zero-order valence-electron chi connectivity index (χ0n) is 11.4. The Morgan fingerprint density at radius 1 is 1.18 bits per heavy atom. The van der Waals surface area contributed by atoms with E-state index in [0.717, 1.165) is 10.0 Å². The van der Waals surface area contributed by atoms with Crippen LogP contribution in [-0.2, 0) is 0 Å². The van der Waals surface area contributed by atoms with Crippen molar-refractivity contribution in [1.29, 1.82) is 0 Å². The van der Waals surface area contributed by atoms with Crippen molar-refractivity contribution in [3.05, 3.63) is 52.5 Å². The maximum atomic E-state index is 11.7. The third-order valence-corrected chi connectivity index (χ3v) is 3.58. The highest BCUT2D eigenvalue weighted by Gasteiger charge is 2.15. The summed E-state index contributed by atoms with van der Waals surface area (Å²) in [6, 6.07) is 12.3. The Labute approximate surface area is 135 Å². The third-order valence-electron chi connectivity index (χ3n) is 2.89. The second-order valence-electron chi connectivity index (χ2n) is 4.42. The van der Waals surface area contributed by atoms with Gasteiger partial charge in [0.2, 0.25) is 6.79 Å². The molecule has 2 aromatic carbocycles. The maximum Gasteiger partial charge on any atom is 0.339 e. The topological polar surface area (TPSA) is 72.0 Å². The SMILES string of the molecule is O=C(N/N=C/c1cc2c(cc1Br)OCO2)Nc1ccccc1. The van der Waals surface area contributed by atoms with Crippen LogP contribution in [0.5, 0.6) is 11.5 Å². The van der Waals surface area contributed by atoms with Gasteiger partial charge < -0.3 is 14.8 Å². The van der Waals surface area contributed by atoms with E-state index in [4.69, 9.17) is 9.47 Å². The molecule has 0 spiro atoms. The van der Waals surface area contributed by atoms with Crippen LogP contribution in [0.2, 0.25) is 0 Å². The summed E-state index contributed by atoms with van der Waals surface area (Å²) in [4.78, 5) is 11.7. The van der Waals surface area contributed by atoms with Gasteiger partial charge in [0.05, 0.1) is 6.21 Å². The normalized spacial score (nSPS) is 12.4. The minimum Gasteiger partial charge on any atom is -0.454 e. The Bertz CT molecular complexity index is 719. The Morgan fingerprint density at radius 2 is 1.91 bits per heavy atom. The van der Waals surface area contributed by atoms with Crippen molar-refractivity contribution in [1.82, 2.24) is 5.43 Å². The first-order chi connectivity index (χ1) is 10.7. The number of amides is 2. The van der Waals surface area contributed by atoms with E-state index in [2.05, 4.69) is 31.8 Å². The van der Waals surface area contributed by atoms with Crippen molar-refractivity contribution in [2.75, 3.05) is 12.1 Å². The van der Waals surface area contributed by atoms with Gasteiger partial charge in [0.1, 0.15) is 0 Å². The molecule has 0 fully saturated rings. The van der Waals surface area contributed by atoms with Gasteiger partial charge in [-0.25, -0.2) is 10.2 Å². The molecule has 2 amide bonds. The molecule has 0 bridgehead atoms. The van der Waals surface area contributed by atoms with E-state index in [1.807, 2.05) is 18.2 Å². The summed E-state index contributed by atoms with van der Waals surface area (Å²) in [6.45, 7) is 0.208. The number of hydrogen-bond donors (Lipinski definition) is 2. The summed E-state index contributed by atoms with van der Waals surface area (Å²) in [5.74, 6) is 1.33. The number of halogens is 1. The van der Waals surface area contributed by atoms with Gasteiger partial charge in [0.25, 0.3) is 0 Å². The highest BCUT2D eigenvalue weighted by atomic mass is 79.9. The number of ether oxygens (including phenoxy) is 2. The largest absolute Gasteiger partial charge is 0.454 e. The number of urea groups is 1. The summed E-state index contributed by atoms with van der Waals surface area (Å²) >= 11 is 3.42. The molecule has 3 rings (SSSR count). The lowest BCUT2D eigenvalue weighted by Gasteiger charge is -2.04. The number of nitrogens with one attached hydrogen (secondary N) is 2. The summed E-state index contributed by atoms with van der Waals surface area (Å²) in [5.41, 5.74) is 3.86. The molecule has 0 saturated heterocycles. The van der Waals surface area contributed by atoms with Crippen LogP contribution in [0, 0.1) is 0 Å². The molecule has 0 aliphatic carbocycles. The van der Waals surface area contributed by atoms with Crippen LogP contribution in [0.25, 0.3) is 0 Å². The number of hydrogen-bond acceptors (Lipinski definition) is 4. The molecule has 6 nitrogen and oxygen atoms in total. The van der Waals surface area contributed by atoms with Crippen molar-refractivity contribution >= 4 is 33.9 Å². The lowest BCUT2D eigenvalue weighted by Crippen LogP contribution is -2.24. The maximum absolute atomic E-state index is 11.7. The zero-order valence-corrected chi connectivity index (χ0v) is 13.0. The van der Waals surface area contributed by atoms with Gasteiger partial charge in [0.15, 0.2) is 11.5 Å². The first-order valence-electron chi connectivity index (χ1n) is 6.46. The molecule has 22 heavy (non-hydrogen) atoms. The predicted molar refractivity (Wildman–Crippen MR) is 86.5 cm³/mol. The van der Waals surface area contributed by atoms with Crippen LogP contribution in [0.4, 0.5) is 10.5 Å². The molecule has 1 heterocycles. The standard InChI is InChI=1S/C15H12BrN3O3/c16-12-7-14-13(21-9-22-14)6-10(12)8-17-19-15(20)18-11-4-2-1-3-5-11/h1-8H,9H2,(H2,18,19,20)/b17-8+. The fourth-order valence-electron chi connectivity index (χ4n) is 1.87. The minimum absolute atomic E-state index is 0.208. The Hall–Kier alpha value is -2.54. The minimum atomic E-state index is -0.417. The molecule has 2 aromatic rings. The lowest BCUT2D eigenvalue weighted by molar-refractivity contribution is 0.174. The quantitative estimate of drug-likeness (QED) is 0.650. The van der Waals surface area contributed by atoms with Crippen LogP contribution in [0.3, 0.4) is 0 Å². The fourth-order valence-corrected chi connectivity index (χ4v) is 2.30. The highest BCUT2D eigenvalue weighted by molar-refractivity contribution is 9.10. The Morgan fingerprint density at radius 3 is 2.68 bits per heavy atom. The fraction of sp³-hybridized carbons (Fsp3) is 0.0667. The van der Waals surface area contributed by atoms with Gasteiger partial charge in [-0.05, 0) is 40.2 Å². The van der Waals surface area contributed by atoms with Crippen LogP contribution in [0.15, 0.2) is 52.0 Å². The molecule has 0 saturated carbocycles. The van der Waals surface area contributed by atoms with Crippen molar-refractivity contribution in [2.24, 2.45) is 5.10 Å². The second-order valence-corrected chi connectivity index (χ2v) is 5.27. The number of benzene rings is 2. The van der Waals surface area contributed by atoms with Crippen LogP contribution in [-0.4, -0.2) is 19.0 Å². The number of hydrazone groups is 1. The zero-order chi connectivity index (χ0) is 15.4. The van der Waals surface area contributed by atoms with Gasteiger partial charge >= 0.3 is 6.03 Å². The van der Waals surface area contributed by atoms with E-state index >= 15 is 0 Å². The van der Waals surface area contributed by atoms with E-state index in [-0.39, 0.29) is 6.79 Å². The predicted octanol–water partition coefficient (Wildman–Crippen LogP) is 3.33. The number of rotatable bonds is 3. The highest BCUT2D eigenvalue weighted by Crippen LogP contribution is 2.36. The molecule has 0 unspecified atom stereocenters. The number of carbonyl (C=O) groups excluding carboxylic acids is 1. The molecule has 0 radical (unpaired) electrons. The summed E-state index contributed by atoms with van der Waals surface area (Å²) in [5, 5.41) is 6.57. The number of fused-ring (bicyclic) bond motifs is 1. The van der Waals surface area contributed by atoms with Crippen molar-refractivity contribution in [3.63, 3.8) is 0 Å². The van der Waals surface area contributed by atoms with Gasteiger partial charge in [-0.1, -0.05) is 18.2 Å². The van der Waals surface area contributed by atoms with E-state index in [1.54, 1.807) is 24.3 Å². The molecule has 112 valence electrons. The number of para-hydroxylation sites is 1. The summed E-state index contributed by atoms with van der Waals surface area (Å²) < 4.78 is 11.4. The Kier molecular flexibility index (Phi) is 4.24. The molecule has 1 aliphatic rings. The van der Waals surface area contributed by atoms with Crippen molar-refractivity contribution in [2.45, 2.75) is 0 Å². The van der Waals surface area contributed by atoms with Crippen LogP contribution < -0.4 is 20.2 Å². The third kappa shape index (κ3) is 3.37. The summed E-state index contributed by atoms with van der Waals surface area (Å²) in [6.07, 6.45) is 1.52. The number of nitrogens with zero attached hydrogens (tertiary/aromatic N) is 1. The van der Waals surface area contributed by atoms with Crippen LogP contribution in [0.1, 0.15) is 5.56 Å². The lowest BCUT2D eigenvalue weighted by atomic mass is 10.2. The first-order valence-corrected chi connectivity index (χ1v) is 7.26.